The summed E-state index contributed by atoms with van der Waals surface area (Å²) in [6, 6.07) is 0. The first kappa shape index (κ1) is 90.3. The number of rotatable bonds is 10. The third-order valence-corrected chi connectivity index (χ3v) is 20.6. The van der Waals surface area contributed by atoms with Crippen LogP contribution >= 0.6 is 0 Å². The van der Waals surface area contributed by atoms with Crippen molar-refractivity contribution in [1.82, 2.24) is 0 Å². The molecule has 0 saturated heterocycles. The summed E-state index contributed by atoms with van der Waals surface area (Å²) in [7, 11) is -9.05. The average Bonchev–Trinajstić information content (AvgIpc) is 2.15. The molecule has 244 valence electrons. The fourth-order valence-electron chi connectivity index (χ4n) is 2.56. The van der Waals surface area contributed by atoms with Crippen LogP contribution in [0.1, 0.15) is 66.8 Å². The molecular formula is C24H81O5Si7Y3. The van der Waals surface area contributed by atoms with Crippen LogP contribution in [0.4, 0.5) is 0 Å². The fraction of sp³-hybridized carbons (Fsp3) is 1.00. The maximum absolute atomic E-state index is 6.13. The minimum atomic E-state index is -2.00. The van der Waals surface area contributed by atoms with Crippen molar-refractivity contribution >= 4 is 61.1 Å². The molecule has 0 aliphatic heterocycles. The largest absolute Gasteiger partial charge is 0.437 e. The first-order chi connectivity index (χ1) is 11.6. The molecule has 0 aliphatic rings. The summed E-state index contributed by atoms with van der Waals surface area (Å²) in [4.78, 5) is 0. The van der Waals surface area contributed by atoms with E-state index in [9.17, 15) is 0 Å². The van der Waals surface area contributed by atoms with Crippen LogP contribution in [-0.2, 0) is 119 Å². The molecule has 5 nitrogen and oxygen atoms in total. The molecule has 0 atom stereocenters. The van der Waals surface area contributed by atoms with E-state index in [0.29, 0.717) is 0 Å². The Balaban J connectivity index is -0.0000000210. The van der Waals surface area contributed by atoms with Crippen molar-refractivity contribution in [2.75, 3.05) is 0 Å². The van der Waals surface area contributed by atoms with Gasteiger partial charge in [0.2, 0.25) is 0 Å². The average molecular weight is 913 g/mol. The van der Waals surface area contributed by atoms with Gasteiger partial charge in [0.25, 0.3) is 0 Å². The molecule has 0 aromatic carbocycles. The van der Waals surface area contributed by atoms with Crippen molar-refractivity contribution in [3.63, 3.8) is 0 Å². The van der Waals surface area contributed by atoms with Crippen molar-refractivity contribution < 1.29 is 119 Å². The van der Waals surface area contributed by atoms with E-state index < -0.39 is 61.1 Å². The maximum Gasteiger partial charge on any atom is 0.360 e. The third kappa shape index (κ3) is 75.0. The van der Waals surface area contributed by atoms with E-state index in [-0.39, 0.29) is 165 Å². The zero-order chi connectivity index (χ0) is 22.3. The van der Waals surface area contributed by atoms with E-state index >= 15 is 0 Å². The Hall–Kier alpha value is 4.63. The second kappa shape index (κ2) is 40.7. The van der Waals surface area contributed by atoms with Gasteiger partial charge in [-0.3, -0.25) is 0 Å². The van der Waals surface area contributed by atoms with Gasteiger partial charge in [-0.25, -0.2) is 0 Å². The quantitative estimate of drug-likeness (QED) is 0.204. The van der Waals surface area contributed by atoms with E-state index in [1.807, 2.05) is 0 Å². The minimum Gasteiger partial charge on any atom is -0.437 e. The van der Waals surface area contributed by atoms with E-state index in [1.165, 1.54) is 0 Å². The van der Waals surface area contributed by atoms with Crippen LogP contribution in [-0.4, -0.2) is 61.1 Å². The van der Waals surface area contributed by atoms with Crippen molar-refractivity contribution in [1.29, 1.82) is 0 Å². The van der Waals surface area contributed by atoms with Crippen LogP contribution in [0.5, 0.6) is 0 Å². The van der Waals surface area contributed by atoms with Crippen molar-refractivity contribution in [3.05, 3.63) is 0 Å². The molecule has 0 aromatic rings. The fourth-order valence-corrected chi connectivity index (χ4v) is 24.2. The molecule has 0 bridgehead atoms. The van der Waals surface area contributed by atoms with Crippen molar-refractivity contribution in [3.8, 4) is 0 Å². The SMILES string of the molecule is C.C.C.C.C.C.C.C.C.C[Si](C)O[Si](C)(C)O[Si](C)C.C[Si](O[Si](C)(C)C)O[Si](C)(C)O[Si](C)(C)C.[Y].[Y].[Y]. The topological polar surface area (TPSA) is 46.2 Å². The Morgan fingerprint density at radius 1 is 0.359 bits per heavy atom. The molecular weight excluding hydrogens is 832 g/mol. The predicted octanol–water partition coefficient (Wildman–Crippen LogP) is 11.5. The van der Waals surface area contributed by atoms with E-state index in [2.05, 4.69) is 98.2 Å². The van der Waals surface area contributed by atoms with Gasteiger partial charge in [-0.1, -0.05) is 66.8 Å². The van der Waals surface area contributed by atoms with E-state index in [0.717, 1.165) is 0 Å². The molecule has 0 amide bonds. The van der Waals surface area contributed by atoms with Crippen LogP contribution in [0.15, 0.2) is 0 Å². The molecule has 0 aliphatic carbocycles. The van der Waals surface area contributed by atoms with Gasteiger partial charge in [-0.2, -0.15) is 0 Å². The predicted molar refractivity (Wildman–Crippen MR) is 194 cm³/mol. The normalized spacial score (nSPS) is 9.69. The van der Waals surface area contributed by atoms with Crippen molar-refractivity contribution in [2.24, 2.45) is 0 Å². The van der Waals surface area contributed by atoms with Gasteiger partial charge in [-0.05, 0) is 98.2 Å². The zero-order valence-corrected chi connectivity index (χ0v) is 37.8. The van der Waals surface area contributed by atoms with Gasteiger partial charge < -0.3 is 20.6 Å². The first-order valence-corrected chi connectivity index (χ1v) is 28.6. The molecule has 0 saturated carbocycles. The van der Waals surface area contributed by atoms with Gasteiger partial charge in [0.1, 0.15) is 0 Å². The number of hydrogen-bond donors (Lipinski definition) is 0. The zero-order valence-electron chi connectivity index (χ0n) is 22.3. The molecule has 0 unspecified atom stereocenters. The Kier molecular flexibility index (Phi) is 94.1. The summed E-state index contributed by atoms with van der Waals surface area (Å²) in [6.45, 7) is 32.4. The Morgan fingerprint density at radius 3 is 0.795 bits per heavy atom. The van der Waals surface area contributed by atoms with Crippen LogP contribution in [0.2, 0.25) is 98.2 Å². The van der Waals surface area contributed by atoms with Crippen LogP contribution in [0, 0.1) is 0 Å². The molecule has 0 fully saturated rings. The molecule has 0 heterocycles. The Labute approximate surface area is 340 Å². The summed E-state index contributed by atoms with van der Waals surface area (Å²) in [5, 5.41) is 0. The monoisotopic (exact) mass is 912 g/mol. The van der Waals surface area contributed by atoms with Crippen LogP contribution in [0.25, 0.3) is 0 Å². The second-order valence-electron chi connectivity index (χ2n) is 9.84. The standard InChI is InChI=1S/C9H27O3Si4.C6H18O2Si3.9CH4.3Y/c1-13(10-14(2,3)4)11-16(8,9)12-15(5,6)7;1-9(2)7-11(5,6)8-10(3)4;;;;;;;;;;;;/h1-9H3;1-6H3;9*1H4;;;. The Morgan fingerprint density at radius 2 is 0.615 bits per heavy atom. The molecule has 6 radical (unpaired) electrons. The summed E-state index contributed by atoms with van der Waals surface area (Å²) in [5.41, 5.74) is 0. The van der Waals surface area contributed by atoms with Gasteiger partial charge in [0.05, 0.1) is 0 Å². The summed E-state index contributed by atoms with van der Waals surface area (Å²) in [5.74, 6) is 0. The Bertz CT molecular complexity index is 416. The van der Waals surface area contributed by atoms with Gasteiger partial charge in [-0.15, -0.1) is 0 Å². The number of hydrogen-bond acceptors (Lipinski definition) is 5. The van der Waals surface area contributed by atoms with Gasteiger partial charge in [0.15, 0.2) is 34.7 Å². The van der Waals surface area contributed by atoms with Crippen LogP contribution < -0.4 is 0 Å². The van der Waals surface area contributed by atoms with Crippen molar-refractivity contribution in [2.45, 2.75) is 165 Å². The van der Waals surface area contributed by atoms with E-state index in [1.54, 1.807) is 0 Å². The van der Waals surface area contributed by atoms with Gasteiger partial charge >= 0.3 is 26.4 Å². The summed E-state index contributed by atoms with van der Waals surface area (Å²) < 4.78 is 29.7. The van der Waals surface area contributed by atoms with E-state index in [4.69, 9.17) is 20.6 Å². The smallest absolute Gasteiger partial charge is 0.360 e. The molecule has 39 heavy (non-hydrogen) atoms. The summed E-state index contributed by atoms with van der Waals surface area (Å²) >= 11 is 0. The van der Waals surface area contributed by atoms with Gasteiger partial charge in [0, 0.05) is 98.1 Å². The molecule has 15 heteroatoms. The maximum atomic E-state index is 6.13. The van der Waals surface area contributed by atoms with Crippen LogP contribution in [0.3, 0.4) is 0 Å². The molecule has 0 rings (SSSR count). The summed E-state index contributed by atoms with van der Waals surface area (Å²) in [6.07, 6.45) is 0. The minimum absolute atomic E-state index is 0. The molecule has 0 N–H and O–H groups in total. The molecule has 0 aromatic heterocycles. The molecule has 0 spiro atoms. The second-order valence-corrected chi connectivity index (χ2v) is 32.6. The third-order valence-electron chi connectivity index (χ3n) is 2.29. The first-order valence-electron chi connectivity index (χ1n) is 9.54.